The summed E-state index contributed by atoms with van der Waals surface area (Å²) < 4.78 is 97.4. The van der Waals surface area contributed by atoms with Crippen LogP contribution >= 0.6 is 22.7 Å². The van der Waals surface area contributed by atoms with Crippen molar-refractivity contribution in [3.05, 3.63) is 141 Å². The van der Waals surface area contributed by atoms with Gasteiger partial charge in [0, 0.05) is 97.5 Å². The maximum Gasteiger partial charge on any atom is 1.00 e. The van der Waals surface area contributed by atoms with Crippen LogP contribution in [-0.4, -0.2) is 102 Å². The number of benzene rings is 4. The number of aromatic carboxylic acids is 1. The van der Waals surface area contributed by atoms with Gasteiger partial charge in [-0.05, 0) is 66.6 Å². The first-order chi connectivity index (χ1) is 35.4. The molecule has 0 aliphatic carbocycles. The molecule has 76 heavy (non-hydrogen) atoms. The summed E-state index contributed by atoms with van der Waals surface area (Å²) in [5, 5.41) is 18.2. The number of piperidine rings is 2. The first kappa shape index (κ1) is 60.2. The molecule has 2 aromatic heterocycles. The number of thiazole rings is 2. The normalized spacial score (nSPS) is 16.5. The van der Waals surface area contributed by atoms with E-state index in [1.807, 2.05) is 48.5 Å². The first-order valence-electron chi connectivity index (χ1n) is 24.1. The first-order valence-corrected chi connectivity index (χ1v) is 25.8. The number of carboxylic acid groups (broad SMARTS) is 1. The number of hydrogen-bond acceptors (Lipinski definition) is 15. The van der Waals surface area contributed by atoms with Crippen molar-refractivity contribution >= 4 is 56.3 Å². The largest absolute Gasteiger partial charge is 1.00 e. The Hall–Kier alpha value is -4.98. The molecule has 2 saturated heterocycles. The number of aromatic nitrogens is 2. The van der Waals surface area contributed by atoms with Crippen molar-refractivity contribution in [3.8, 4) is 11.5 Å². The van der Waals surface area contributed by atoms with Crippen molar-refractivity contribution in [3.63, 3.8) is 0 Å². The minimum Gasteiger partial charge on any atom is -0.870 e. The summed E-state index contributed by atoms with van der Waals surface area (Å²) in [4.78, 5) is 40.8. The zero-order chi connectivity index (χ0) is 52.7. The minimum absolute atomic E-state index is 0. The Balaban J connectivity index is 0.000000229. The summed E-state index contributed by atoms with van der Waals surface area (Å²) in [6.07, 6.45) is -1.33. The molecule has 0 unspecified atom stereocenters. The molecule has 10 rings (SSSR count). The van der Waals surface area contributed by atoms with Gasteiger partial charge >= 0.3 is 75.7 Å². The number of nitrogens with zero attached hydrogens (tertiary/aromatic N) is 6. The van der Waals surface area contributed by atoms with E-state index in [2.05, 4.69) is 29.6 Å². The Morgan fingerprint density at radius 1 is 0.632 bits per heavy atom. The maximum absolute atomic E-state index is 13.2. The van der Waals surface area contributed by atoms with Crippen LogP contribution in [0.15, 0.2) is 109 Å². The molecular formula is C53H57F6KN6O8S2. The topological polar surface area (TPSA) is 171 Å². The van der Waals surface area contributed by atoms with Crippen molar-refractivity contribution in [2.75, 3.05) is 72.6 Å². The summed E-state index contributed by atoms with van der Waals surface area (Å²) >= 11 is 2.48. The number of aliphatic hydroxyl groups excluding tert-OH is 1. The Morgan fingerprint density at radius 2 is 1.01 bits per heavy atom. The van der Waals surface area contributed by atoms with Crippen LogP contribution in [0, 0.1) is 0 Å². The quantitative estimate of drug-likeness (QED) is 0.0848. The fraction of sp³-hybridized carbons (Fsp3) is 0.396. The summed E-state index contributed by atoms with van der Waals surface area (Å²) in [6.45, 7) is 6.77. The van der Waals surface area contributed by atoms with E-state index in [9.17, 15) is 41.0 Å². The molecule has 4 aliphatic heterocycles. The number of alkyl halides is 6. The van der Waals surface area contributed by atoms with Gasteiger partial charge in [-0.1, -0.05) is 71.2 Å². The smallest absolute Gasteiger partial charge is 0.870 e. The Labute approximate surface area is 487 Å². The molecule has 3 N–H and O–H groups in total. The van der Waals surface area contributed by atoms with Gasteiger partial charge in [0.15, 0.2) is 10.3 Å². The predicted molar refractivity (Wildman–Crippen MR) is 274 cm³/mol. The number of aliphatic hydroxyl groups is 1. The molecular weight excluding hydrogens is 1070 g/mol. The second-order valence-corrected chi connectivity index (χ2v) is 20.4. The number of fused-ring (bicyclic) bond motifs is 2. The summed E-state index contributed by atoms with van der Waals surface area (Å²) in [5.41, 5.74) is 0.896. The maximum atomic E-state index is 13.2. The number of hydrogen-bond donors (Lipinski definition) is 2. The fourth-order valence-electron chi connectivity index (χ4n) is 9.59. The molecule has 6 aromatic rings. The molecule has 14 nitrogen and oxygen atoms in total. The van der Waals surface area contributed by atoms with Gasteiger partial charge in [0.2, 0.25) is 0 Å². The molecule has 4 aromatic carbocycles. The molecule has 0 radical (unpaired) electrons. The van der Waals surface area contributed by atoms with Crippen molar-refractivity contribution in [1.82, 2.24) is 9.97 Å². The molecule has 4 aliphatic rings. The SMILES string of the molecule is CCO.COC(=O)c1cnc(N2CCC3(CC2)CCN(Cc2cccc(C(F)(F)F)c2)c2ccccc2O3)s1.O=C(O)c1cnc(N2CCC3(CC2)CCN(Cc2cccc(C(F)(F)F)c2)c2ccccc2O3)s1.[K+].[OH-]. The molecule has 6 heterocycles. The van der Waals surface area contributed by atoms with Gasteiger partial charge in [0.1, 0.15) is 32.5 Å². The average molecular weight is 1120 g/mol. The van der Waals surface area contributed by atoms with E-state index in [4.69, 9.17) is 19.3 Å². The van der Waals surface area contributed by atoms with Crippen LogP contribution in [-0.2, 0) is 30.2 Å². The van der Waals surface area contributed by atoms with Gasteiger partial charge < -0.3 is 49.5 Å². The number of rotatable bonds is 8. The van der Waals surface area contributed by atoms with Gasteiger partial charge in [-0.25, -0.2) is 19.6 Å². The second-order valence-electron chi connectivity index (χ2n) is 18.3. The van der Waals surface area contributed by atoms with E-state index in [1.54, 1.807) is 25.3 Å². The third-order valence-corrected chi connectivity index (χ3v) is 15.6. The van der Waals surface area contributed by atoms with Crippen LogP contribution in [0.3, 0.4) is 0 Å². The monoisotopic (exact) mass is 1120 g/mol. The van der Waals surface area contributed by atoms with Crippen LogP contribution in [0.5, 0.6) is 11.5 Å². The van der Waals surface area contributed by atoms with Gasteiger partial charge in [0.25, 0.3) is 0 Å². The van der Waals surface area contributed by atoms with Gasteiger partial charge in [-0.15, -0.1) is 0 Å². The molecule has 0 saturated carbocycles. The third kappa shape index (κ3) is 14.8. The standard InChI is InChI=1S/C26H26F3N3O3S.C25H24F3N3O3S.C2H6O.K.H2O/c1-34-23(33)22-16-30-24(36-22)31-12-9-25(10-13-31)11-14-32(20-7-2-3-8-21(20)35-25)17-18-5-4-6-19(15-18)26(27,28)29;26-25(27,28)18-5-3-4-17(14-18)16-31-13-10-24(34-20-7-2-1-6-19(20)31)8-11-30(12-9-24)23-29-15-21(35-23)22(32)33;1-2-3;;/h2-8,15-16H,9-14,17H2,1H3;1-7,14-15H,8-13,16H2,(H,32,33);3H,2H2,1H3;;1H2/q;;;+1;/p-1. The van der Waals surface area contributed by atoms with Crippen LogP contribution in [0.25, 0.3) is 0 Å². The number of ether oxygens (including phenoxy) is 3. The molecule has 2 fully saturated rings. The van der Waals surface area contributed by atoms with E-state index < -0.39 is 41.0 Å². The summed E-state index contributed by atoms with van der Waals surface area (Å²) in [7, 11) is 1.35. The number of carboxylic acids is 1. The van der Waals surface area contributed by atoms with Crippen LogP contribution in [0.1, 0.15) is 87.0 Å². The number of methoxy groups -OCH3 is 1. The fourth-order valence-corrected chi connectivity index (χ4v) is 11.3. The number of anilines is 4. The van der Waals surface area contributed by atoms with Crippen LogP contribution in [0.4, 0.5) is 48.0 Å². The molecule has 0 atom stereocenters. The summed E-state index contributed by atoms with van der Waals surface area (Å²) in [6, 6.07) is 26.4. The second kappa shape index (κ2) is 26.1. The van der Waals surface area contributed by atoms with E-state index in [1.165, 1.54) is 60.2 Å². The van der Waals surface area contributed by atoms with Crippen molar-refractivity contribution in [2.24, 2.45) is 0 Å². The van der Waals surface area contributed by atoms with E-state index >= 15 is 0 Å². The van der Waals surface area contributed by atoms with Crippen molar-refractivity contribution in [1.29, 1.82) is 0 Å². The van der Waals surface area contributed by atoms with Gasteiger partial charge in [-0.3, -0.25) is 0 Å². The number of carbonyl (C=O) groups is 2. The Kier molecular flexibility index (Phi) is 20.7. The molecule has 23 heteroatoms. The molecule has 2 spiro atoms. The zero-order valence-corrected chi connectivity index (χ0v) is 46.9. The average Bonchev–Trinajstić information content (AvgIpc) is 4.04. The van der Waals surface area contributed by atoms with Gasteiger partial charge in [0.05, 0.1) is 42.0 Å². The van der Waals surface area contributed by atoms with Crippen LogP contribution in [0.2, 0.25) is 0 Å². The van der Waals surface area contributed by atoms with E-state index in [-0.39, 0.29) is 73.9 Å². The number of esters is 1. The van der Waals surface area contributed by atoms with E-state index in [0.29, 0.717) is 60.4 Å². The molecule has 0 bridgehead atoms. The minimum atomic E-state index is -4.38. The van der Waals surface area contributed by atoms with Gasteiger partial charge in [-0.2, -0.15) is 26.3 Å². The summed E-state index contributed by atoms with van der Waals surface area (Å²) in [5.74, 6) is 0.106. The van der Waals surface area contributed by atoms with E-state index in [0.717, 1.165) is 91.8 Å². The van der Waals surface area contributed by atoms with Crippen LogP contribution < -0.4 is 80.5 Å². The Bertz CT molecular complexity index is 2870. The number of carbonyl (C=O) groups excluding carboxylic acids is 1. The third-order valence-electron chi connectivity index (χ3n) is 13.5. The van der Waals surface area contributed by atoms with Crippen molar-refractivity contribution < 1.29 is 117 Å². The Morgan fingerprint density at radius 3 is 1.39 bits per heavy atom. The number of para-hydroxylation sites is 4. The molecule has 402 valence electrons. The predicted octanol–water partition coefficient (Wildman–Crippen LogP) is 8.29. The number of halogens is 6. The zero-order valence-electron chi connectivity index (χ0n) is 42.1. The molecule has 0 amide bonds. The van der Waals surface area contributed by atoms with Crippen molar-refractivity contribution in [2.45, 2.75) is 82.1 Å².